The Morgan fingerprint density at radius 1 is 0.882 bits per heavy atom. The lowest BCUT2D eigenvalue weighted by atomic mass is 9.73. The second-order valence-electron chi connectivity index (χ2n) is 9.96. The number of nitrogens with zero attached hydrogens (tertiary/aromatic N) is 3. The van der Waals surface area contributed by atoms with Crippen LogP contribution in [0.25, 0.3) is 0 Å². The third kappa shape index (κ3) is 3.70. The van der Waals surface area contributed by atoms with Gasteiger partial charge in [0.2, 0.25) is 17.7 Å². The molecule has 0 aromatic carbocycles. The van der Waals surface area contributed by atoms with Gasteiger partial charge in [-0.15, -0.1) is 0 Å². The third-order valence-electron chi connectivity index (χ3n) is 7.94. The van der Waals surface area contributed by atoms with Gasteiger partial charge in [-0.05, 0) is 25.7 Å². The van der Waals surface area contributed by atoms with E-state index in [2.05, 4.69) is 6.92 Å². The summed E-state index contributed by atoms with van der Waals surface area (Å²) in [6, 6.07) is -0.830. The zero-order valence-corrected chi connectivity index (χ0v) is 20.7. The molecule has 4 heterocycles. The lowest BCUT2D eigenvalue weighted by Gasteiger charge is -2.38. The van der Waals surface area contributed by atoms with Crippen molar-refractivity contribution in [1.29, 1.82) is 0 Å². The molecule has 3 amide bonds. The number of carbonyl (C=O) groups excluding carboxylic acids is 3. The molecule has 1 spiro atoms. The Balaban J connectivity index is 1.83. The van der Waals surface area contributed by atoms with Gasteiger partial charge in [-0.1, -0.05) is 51.5 Å². The summed E-state index contributed by atoms with van der Waals surface area (Å²) < 4.78 is 6.88. The summed E-state index contributed by atoms with van der Waals surface area (Å²) in [5.41, 5.74) is -2.12. The summed E-state index contributed by atoms with van der Waals surface area (Å²) >= 11 is 0. The third-order valence-corrected chi connectivity index (χ3v) is 7.94. The first-order valence-corrected chi connectivity index (χ1v) is 12.9. The largest absolute Gasteiger partial charge is 0.396 e. The van der Waals surface area contributed by atoms with Crippen LogP contribution in [0, 0.1) is 11.8 Å². The van der Waals surface area contributed by atoms with Crippen LogP contribution in [0.4, 0.5) is 0 Å². The second-order valence-corrected chi connectivity index (χ2v) is 9.96. The summed E-state index contributed by atoms with van der Waals surface area (Å²) in [4.78, 5) is 47.1. The van der Waals surface area contributed by atoms with E-state index in [-0.39, 0.29) is 30.9 Å². The van der Waals surface area contributed by atoms with E-state index < -0.39 is 29.1 Å². The highest BCUT2D eigenvalue weighted by Crippen LogP contribution is 2.58. The van der Waals surface area contributed by atoms with Crippen LogP contribution < -0.4 is 0 Å². The van der Waals surface area contributed by atoms with E-state index in [4.69, 9.17) is 4.74 Å². The number of aliphatic hydroxyl groups excluding tert-OH is 1. The lowest BCUT2D eigenvalue weighted by molar-refractivity contribution is -0.154. The number of carbonyl (C=O) groups is 3. The van der Waals surface area contributed by atoms with E-state index in [9.17, 15) is 19.5 Å². The van der Waals surface area contributed by atoms with E-state index in [0.717, 1.165) is 19.3 Å². The molecule has 4 aliphatic heterocycles. The van der Waals surface area contributed by atoms with Gasteiger partial charge in [-0.2, -0.15) is 0 Å². The van der Waals surface area contributed by atoms with Crippen LogP contribution in [-0.4, -0.2) is 94.1 Å². The van der Waals surface area contributed by atoms with Crippen molar-refractivity contribution in [1.82, 2.24) is 14.7 Å². The maximum absolute atomic E-state index is 14.0. The van der Waals surface area contributed by atoms with E-state index in [1.807, 2.05) is 43.1 Å². The smallest absolute Gasteiger partial charge is 0.249 e. The molecule has 0 radical (unpaired) electrons. The number of fused-ring (bicyclic) bond motifs is 2. The zero-order valence-electron chi connectivity index (χ0n) is 20.7. The van der Waals surface area contributed by atoms with Gasteiger partial charge in [0.25, 0.3) is 0 Å². The monoisotopic (exact) mass is 473 g/mol. The number of rotatable bonds is 9. The Kier molecular flexibility index (Phi) is 7.20. The van der Waals surface area contributed by atoms with Crippen LogP contribution in [0.1, 0.15) is 52.9 Å². The van der Waals surface area contributed by atoms with Gasteiger partial charge < -0.3 is 24.5 Å². The molecule has 1 N–H and O–H groups in total. The number of likely N-dealkylation sites (tertiary alicyclic amines) is 1. The van der Waals surface area contributed by atoms with Crippen molar-refractivity contribution in [3.05, 3.63) is 24.3 Å². The van der Waals surface area contributed by atoms with Crippen molar-refractivity contribution in [2.24, 2.45) is 11.8 Å². The molecule has 0 aromatic heterocycles. The number of aliphatic hydroxyl groups is 1. The average molecular weight is 474 g/mol. The number of hydrogen-bond acceptors (Lipinski definition) is 5. The van der Waals surface area contributed by atoms with Crippen LogP contribution in [0.5, 0.6) is 0 Å². The summed E-state index contributed by atoms with van der Waals surface area (Å²) in [5, 5.41) is 9.49. The quantitative estimate of drug-likeness (QED) is 0.515. The Labute approximate surface area is 202 Å². The molecule has 0 aromatic rings. The molecular formula is C26H39N3O5. The van der Waals surface area contributed by atoms with Gasteiger partial charge in [-0.25, -0.2) is 0 Å². The molecule has 188 valence electrons. The minimum Gasteiger partial charge on any atom is -0.396 e. The van der Waals surface area contributed by atoms with E-state index >= 15 is 0 Å². The fraction of sp³-hybridized carbons (Fsp3) is 0.731. The van der Waals surface area contributed by atoms with Crippen LogP contribution >= 0.6 is 0 Å². The van der Waals surface area contributed by atoms with E-state index in [1.54, 1.807) is 9.80 Å². The van der Waals surface area contributed by atoms with Gasteiger partial charge in [0.1, 0.15) is 11.6 Å². The molecule has 0 bridgehead atoms. The van der Waals surface area contributed by atoms with Crippen molar-refractivity contribution in [2.45, 2.75) is 70.1 Å². The van der Waals surface area contributed by atoms with Gasteiger partial charge in [0, 0.05) is 39.3 Å². The fourth-order valence-corrected chi connectivity index (χ4v) is 6.36. The maximum atomic E-state index is 14.0. The molecule has 8 heteroatoms. The SMILES string of the molecule is CCCCN1CC=C[C@]23O[C@]4(CC)C=CCN(CCC)C(=O)[C@@H]4[C@H]2C(=O)N(CCCO)C3C1=O. The summed E-state index contributed by atoms with van der Waals surface area (Å²) in [6.07, 6.45) is 11.4. The molecule has 0 saturated carbocycles. The minimum atomic E-state index is -1.19. The summed E-state index contributed by atoms with van der Waals surface area (Å²) in [5.74, 6) is -1.86. The number of hydrogen-bond donors (Lipinski definition) is 1. The predicted octanol–water partition coefficient (Wildman–Crippen LogP) is 1.74. The standard InChI is InChI=1S/C26H39N3O5/c1-4-7-14-28-16-9-12-26-20(23(32)29(17-10-18-30)21(26)24(28)33)19-22(31)27(13-5-2)15-8-11-25(19,6-3)34-26/h8-9,11-12,19-21,30H,4-7,10,13-18H2,1-3H3/t19-,20-,21?,25+,26-/m0/s1. The van der Waals surface area contributed by atoms with E-state index in [1.165, 1.54) is 0 Å². The Hall–Kier alpha value is -2.19. The molecule has 4 rings (SSSR count). The Morgan fingerprint density at radius 3 is 2.24 bits per heavy atom. The zero-order chi connectivity index (χ0) is 24.5. The normalized spacial score (nSPS) is 34.9. The lowest BCUT2D eigenvalue weighted by Crippen LogP contribution is -2.56. The van der Waals surface area contributed by atoms with E-state index in [0.29, 0.717) is 39.0 Å². The van der Waals surface area contributed by atoms with Gasteiger partial charge in [-0.3, -0.25) is 14.4 Å². The molecule has 34 heavy (non-hydrogen) atoms. The molecular weight excluding hydrogens is 434 g/mol. The maximum Gasteiger partial charge on any atom is 0.249 e. The van der Waals surface area contributed by atoms with Crippen molar-refractivity contribution < 1.29 is 24.2 Å². The molecule has 0 aliphatic carbocycles. The van der Waals surface area contributed by atoms with Crippen molar-refractivity contribution >= 4 is 17.7 Å². The first kappa shape index (κ1) is 24.9. The van der Waals surface area contributed by atoms with Gasteiger partial charge >= 0.3 is 0 Å². The summed E-state index contributed by atoms with van der Waals surface area (Å²) in [7, 11) is 0. The van der Waals surface area contributed by atoms with Crippen molar-refractivity contribution in [3.63, 3.8) is 0 Å². The molecule has 2 saturated heterocycles. The number of unbranched alkanes of at least 4 members (excludes halogenated alkanes) is 1. The molecule has 2 fully saturated rings. The summed E-state index contributed by atoms with van der Waals surface area (Å²) in [6.45, 7) is 8.48. The van der Waals surface area contributed by atoms with Crippen LogP contribution in [0.15, 0.2) is 24.3 Å². The number of amides is 3. The highest BCUT2D eigenvalue weighted by molar-refractivity contribution is 6.00. The van der Waals surface area contributed by atoms with Crippen molar-refractivity contribution in [2.75, 3.05) is 39.3 Å². The predicted molar refractivity (Wildman–Crippen MR) is 128 cm³/mol. The van der Waals surface area contributed by atoms with Gasteiger partial charge in [0.15, 0.2) is 0 Å². The second kappa shape index (κ2) is 9.82. The molecule has 4 aliphatic rings. The average Bonchev–Trinajstić information content (AvgIpc) is 3.12. The van der Waals surface area contributed by atoms with Crippen LogP contribution in [-0.2, 0) is 19.1 Å². The van der Waals surface area contributed by atoms with Crippen molar-refractivity contribution in [3.8, 4) is 0 Å². The minimum absolute atomic E-state index is 0.0698. The molecule has 1 unspecified atom stereocenters. The topological polar surface area (TPSA) is 90.4 Å². The molecule has 8 nitrogen and oxygen atoms in total. The number of ether oxygens (including phenoxy) is 1. The Bertz CT molecular complexity index is 872. The first-order valence-electron chi connectivity index (χ1n) is 12.9. The fourth-order valence-electron chi connectivity index (χ4n) is 6.36. The Morgan fingerprint density at radius 2 is 1.59 bits per heavy atom. The van der Waals surface area contributed by atoms with Crippen LogP contribution in [0.2, 0.25) is 0 Å². The highest BCUT2D eigenvalue weighted by atomic mass is 16.5. The van der Waals surface area contributed by atoms with Gasteiger partial charge in [0.05, 0.1) is 17.4 Å². The molecule has 5 atom stereocenters. The van der Waals surface area contributed by atoms with Crippen LogP contribution in [0.3, 0.4) is 0 Å². The first-order chi connectivity index (χ1) is 16.4. The highest BCUT2D eigenvalue weighted by Gasteiger charge is 2.75.